The van der Waals surface area contributed by atoms with Crippen molar-refractivity contribution in [2.24, 2.45) is 0 Å². The normalized spacial score (nSPS) is 18.4. The van der Waals surface area contributed by atoms with E-state index >= 15 is 0 Å². The minimum Gasteiger partial charge on any atom is -0.325 e. The zero-order valence-corrected chi connectivity index (χ0v) is 14.4. The lowest BCUT2D eigenvalue weighted by Gasteiger charge is -2.17. The summed E-state index contributed by atoms with van der Waals surface area (Å²) in [6.07, 6.45) is 0. The van der Waals surface area contributed by atoms with Crippen molar-refractivity contribution in [3.8, 4) is 0 Å². The molecule has 1 heterocycles. The molecule has 2 rings (SSSR count). The van der Waals surface area contributed by atoms with E-state index in [1.807, 2.05) is 23.9 Å². The van der Waals surface area contributed by atoms with E-state index in [1.165, 1.54) is 4.90 Å². The Morgan fingerprint density at radius 3 is 2.50 bits per heavy atom. The third-order valence-electron chi connectivity index (χ3n) is 2.58. The van der Waals surface area contributed by atoms with Gasteiger partial charge >= 0.3 is 0 Å². The number of carbonyl (C=O) groups excluding carboxylic acids is 1. The smallest absolute Gasteiger partial charge is 0.242 e. The van der Waals surface area contributed by atoms with Crippen LogP contribution in [-0.4, -0.2) is 28.3 Å². The summed E-state index contributed by atoms with van der Waals surface area (Å²) in [5.74, 6) is 1.77. The maximum Gasteiger partial charge on any atom is 0.242 e. The van der Waals surface area contributed by atoms with Crippen LogP contribution in [0.1, 0.15) is 20.8 Å². The highest BCUT2D eigenvalue weighted by Gasteiger charge is 2.22. The Balaban J connectivity index is 0.00000200. The molecule has 1 aromatic carbocycles. The van der Waals surface area contributed by atoms with Crippen LogP contribution in [-0.2, 0) is 4.79 Å². The van der Waals surface area contributed by atoms with Crippen LogP contribution < -0.4 is 10.6 Å². The van der Waals surface area contributed by atoms with Gasteiger partial charge in [-0.05, 0) is 24.3 Å². The average Bonchev–Trinajstić information content (AvgIpc) is 2.83. The summed E-state index contributed by atoms with van der Waals surface area (Å²) < 4.78 is 0.204. The second-order valence-electron chi connectivity index (χ2n) is 5.50. The molecule has 1 unspecified atom stereocenters. The van der Waals surface area contributed by atoms with Crippen molar-refractivity contribution in [3.05, 3.63) is 24.3 Å². The van der Waals surface area contributed by atoms with Gasteiger partial charge in [-0.25, -0.2) is 0 Å². The van der Waals surface area contributed by atoms with E-state index in [0.717, 1.165) is 17.3 Å². The first-order valence-electron chi connectivity index (χ1n) is 6.35. The van der Waals surface area contributed by atoms with Crippen molar-refractivity contribution >= 4 is 47.5 Å². The van der Waals surface area contributed by atoms with E-state index in [9.17, 15) is 4.79 Å². The van der Waals surface area contributed by atoms with Gasteiger partial charge in [-0.2, -0.15) is 0 Å². The van der Waals surface area contributed by atoms with Gasteiger partial charge in [0.2, 0.25) is 5.91 Å². The number of benzene rings is 1. The number of carbonyl (C=O) groups is 1. The van der Waals surface area contributed by atoms with Gasteiger partial charge in [-0.15, -0.1) is 35.9 Å². The summed E-state index contributed by atoms with van der Waals surface area (Å²) in [5.41, 5.74) is 0.863. The van der Waals surface area contributed by atoms with Crippen molar-refractivity contribution in [2.45, 2.75) is 36.5 Å². The van der Waals surface area contributed by atoms with Crippen LogP contribution in [0.5, 0.6) is 0 Å². The van der Waals surface area contributed by atoms with Crippen molar-refractivity contribution < 1.29 is 4.79 Å². The molecule has 1 fully saturated rings. The maximum atomic E-state index is 11.9. The Morgan fingerprint density at radius 1 is 1.35 bits per heavy atom. The summed E-state index contributed by atoms with van der Waals surface area (Å²) >= 11 is 3.58. The number of hydrogen-bond donors (Lipinski definition) is 2. The molecule has 0 radical (unpaired) electrons. The molecule has 0 aromatic heterocycles. The Bertz CT molecular complexity index is 439. The molecule has 0 bridgehead atoms. The summed E-state index contributed by atoms with van der Waals surface area (Å²) in [5, 5.41) is 6.12. The van der Waals surface area contributed by atoms with Crippen LogP contribution in [0.2, 0.25) is 0 Å². The third kappa shape index (κ3) is 5.56. The third-order valence-corrected chi connectivity index (χ3v) is 4.64. The monoisotopic (exact) mass is 332 g/mol. The summed E-state index contributed by atoms with van der Waals surface area (Å²) in [6.45, 7) is 6.57. The molecule has 20 heavy (non-hydrogen) atoms. The van der Waals surface area contributed by atoms with Crippen LogP contribution in [0.25, 0.3) is 0 Å². The molecule has 1 aliphatic rings. The molecule has 112 valence electrons. The molecule has 6 heteroatoms. The lowest BCUT2D eigenvalue weighted by Crippen LogP contribution is -2.37. The minimum absolute atomic E-state index is 0. The van der Waals surface area contributed by atoms with E-state index in [1.54, 1.807) is 11.8 Å². The zero-order valence-electron chi connectivity index (χ0n) is 11.9. The number of thioether (sulfide) groups is 2. The Morgan fingerprint density at radius 2 is 2.00 bits per heavy atom. The van der Waals surface area contributed by atoms with E-state index < -0.39 is 0 Å². The predicted octanol–water partition coefficient (Wildman–Crippen LogP) is 3.60. The van der Waals surface area contributed by atoms with Crippen molar-refractivity contribution in [1.29, 1.82) is 0 Å². The Hall–Kier alpha value is -0.360. The fraction of sp³-hybridized carbons (Fsp3) is 0.500. The number of halogens is 1. The summed E-state index contributed by atoms with van der Waals surface area (Å²) in [6, 6.07) is 7.99. The summed E-state index contributed by atoms with van der Waals surface area (Å²) in [4.78, 5) is 13.2. The molecule has 2 N–H and O–H groups in total. The Kier molecular flexibility index (Phi) is 6.72. The molecular formula is C14H21ClN2OS2. The highest BCUT2D eigenvalue weighted by atomic mass is 35.5. The molecule has 0 aliphatic carbocycles. The van der Waals surface area contributed by atoms with Gasteiger partial charge in [-0.3, -0.25) is 10.1 Å². The van der Waals surface area contributed by atoms with Gasteiger partial charge in [0.05, 0.1) is 6.04 Å². The highest BCUT2D eigenvalue weighted by Crippen LogP contribution is 2.32. The SMILES string of the molecule is CC(C)(C)Sc1ccc(NC(=O)C2CSCN2)cc1.Cl. The summed E-state index contributed by atoms with van der Waals surface area (Å²) in [7, 11) is 0. The molecular weight excluding hydrogens is 312 g/mol. The van der Waals surface area contributed by atoms with Gasteiger partial charge in [0.25, 0.3) is 0 Å². The molecule has 1 saturated heterocycles. The van der Waals surface area contributed by atoms with E-state index in [0.29, 0.717) is 0 Å². The highest BCUT2D eigenvalue weighted by molar-refractivity contribution is 8.00. The molecule has 0 saturated carbocycles. The van der Waals surface area contributed by atoms with Gasteiger partial charge < -0.3 is 5.32 Å². The maximum absolute atomic E-state index is 11.9. The van der Waals surface area contributed by atoms with E-state index in [2.05, 4.69) is 43.5 Å². The molecule has 1 aliphatic heterocycles. The first kappa shape index (κ1) is 17.7. The van der Waals surface area contributed by atoms with Crippen LogP contribution in [0.4, 0.5) is 5.69 Å². The van der Waals surface area contributed by atoms with E-state index in [-0.39, 0.29) is 29.1 Å². The van der Waals surface area contributed by atoms with Gasteiger partial charge in [0.1, 0.15) is 0 Å². The van der Waals surface area contributed by atoms with Gasteiger partial charge in [-0.1, -0.05) is 20.8 Å². The molecule has 1 aromatic rings. The molecule has 3 nitrogen and oxygen atoms in total. The average molecular weight is 333 g/mol. The van der Waals surface area contributed by atoms with E-state index in [4.69, 9.17) is 0 Å². The van der Waals surface area contributed by atoms with Gasteiger partial charge in [0, 0.05) is 27.0 Å². The largest absolute Gasteiger partial charge is 0.325 e. The Labute approximate surface area is 135 Å². The lowest BCUT2D eigenvalue weighted by molar-refractivity contribution is -0.117. The topological polar surface area (TPSA) is 41.1 Å². The van der Waals surface area contributed by atoms with Crippen LogP contribution in [0.15, 0.2) is 29.2 Å². The van der Waals surface area contributed by atoms with Crippen molar-refractivity contribution in [2.75, 3.05) is 16.9 Å². The quantitative estimate of drug-likeness (QED) is 0.830. The number of nitrogens with one attached hydrogen (secondary N) is 2. The van der Waals surface area contributed by atoms with Crippen molar-refractivity contribution in [3.63, 3.8) is 0 Å². The lowest BCUT2D eigenvalue weighted by atomic mass is 10.2. The molecule has 0 spiro atoms. The van der Waals surface area contributed by atoms with Crippen molar-refractivity contribution in [1.82, 2.24) is 5.32 Å². The van der Waals surface area contributed by atoms with Gasteiger partial charge in [0.15, 0.2) is 0 Å². The fourth-order valence-electron chi connectivity index (χ4n) is 1.75. The fourth-order valence-corrected chi connectivity index (χ4v) is 3.67. The second-order valence-corrected chi connectivity index (χ2v) is 8.43. The van der Waals surface area contributed by atoms with Crippen LogP contribution >= 0.6 is 35.9 Å². The van der Waals surface area contributed by atoms with Crippen LogP contribution in [0, 0.1) is 0 Å². The first-order chi connectivity index (χ1) is 8.94. The standard InChI is InChI=1S/C14H20N2OS2.ClH/c1-14(2,3)19-11-6-4-10(5-7-11)16-13(17)12-8-18-9-15-12;/h4-7,12,15H,8-9H2,1-3H3,(H,16,17);1H. The van der Waals surface area contributed by atoms with Crippen LogP contribution in [0.3, 0.4) is 0 Å². The number of hydrogen-bond acceptors (Lipinski definition) is 4. The molecule has 1 amide bonds. The second kappa shape index (κ2) is 7.59. The number of anilines is 1. The predicted molar refractivity (Wildman–Crippen MR) is 92.2 cm³/mol. The first-order valence-corrected chi connectivity index (χ1v) is 8.32. The zero-order chi connectivity index (χ0) is 13.9. The molecule has 1 atom stereocenters. The number of amides is 1. The minimum atomic E-state index is -0.0615. The number of rotatable bonds is 3.